The number of nitrogens with one attached hydrogen (secondary N) is 1. The normalized spacial score (nSPS) is 13.7. The molecule has 1 amide bonds. The third kappa shape index (κ3) is 6.08. The number of hydrogen-bond acceptors (Lipinski definition) is 5. The maximum Gasteiger partial charge on any atom is 0.338 e. The molecule has 0 unspecified atom stereocenters. The van der Waals surface area contributed by atoms with Crippen LogP contribution in [0.5, 0.6) is 5.75 Å². The van der Waals surface area contributed by atoms with Gasteiger partial charge in [0.15, 0.2) is 6.10 Å². The molecule has 0 spiro atoms. The summed E-state index contributed by atoms with van der Waals surface area (Å²) in [6, 6.07) is 18.4. The predicted molar refractivity (Wildman–Crippen MR) is 109 cm³/mol. The second-order valence-corrected chi connectivity index (χ2v) is 7.30. The summed E-state index contributed by atoms with van der Waals surface area (Å²) in [5.41, 5.74) is 0.320. The van der Waals surface area contributed by atoms with Crippen LogP contribution in [0.4, 0.5) is 0 Å². The number of nitriles is 1. The van der Waals surface area contributed by atoms with Gasteiger partial charge < -0.3 is 14.8 Å². The molecule has 0 aliphatic heterocycles. The van der Waals surface area contributed by atoms with Gasteiger partial charge in [-0.1, -0.05) is 44.2 Å². The summed E-state index contributed by atoms with van der Waals surface area (Å²) in [6.07, 6.45) is -1.03. The highest BCUT2D eigenvalue weighted by Crippen LogP contribution is 2.17. The maximum atomic E-state index is 12.3. The van der Waals surface area contributed by atoms with E-state index in [0.29, 0.717) is 17.9 Å². The number of rotatable bonds is 8. The molecule has 0 bridgehead atoms. The van der Waals surface area contributed by atoms with Crippen molar-refractivity contribution in [3.63, 3.8) is 0 Å². The Kier molecular flexibility index (Phi) is 7.38. The first kappa shape index (κ1) is 22.0. The van der Waals surface area contributed by atoms with E-state index in [1.165, 1.54) is 6.92 Å². The number of hydrogen-bond donors (Lipinski definition) is 1. The largest absolute Gasteiger partial charge is 0.489 e. The van der Waals surface area contributed by atoms with E-state index in [9.17, 15) is 14.9 Å². The summed E-state index contributed by atoms with van der Waals surface area (Å²) < 4.78 is 10.9. The first-order valence-corrected chi connectivity index (χ1v) is 9.46. The molecule has 0 saturated carbocycles. The minimum absolute atomic E-state index is 0.0946. The van der Waals surface area contributed by atoms with Crippen LogP contribution in [-0.2, 0) is 16.1 Å². The summed E-state index contributed by atoms with van der Waals surface area (Å²) >= 11 is 0. The topological polar surface area (TPSA) is 88.4 Å². The van der Waals surface area contributed by atoms with E-state index >= 15 is 0 Å². The quantitative estimate of drug-likeness (QED) is 0.687. The summed E-state index contributed by atoms with van der Waals surface area (Å²) in [7, 11) is 0. The van der Waals surface area contributed by atoms with E-state index in [4.69, 9.17) is 9.47 Å². The molecule has 6 heteroatoms. The Labute approximate surface area is 171 Å². The number of esters is 1. The van der Waals surface area contributed by atoms with Crippen molar-refractivity contribution >= 4 is 11.9 Å². The van der Waals surface area contributed by atoms with E-state index in [1.54, 1.807) is 31.2 Å². The lowest BCUT2D eigenvalue weighted by Crippen LogP contribution is -2.52. The second kappa shape index (κ2) is 9.74. The lowest BCUT2D eigenvalue weighted by atomic mass is 9.90. The van der Waals surface area contributed by atoms with Gasteiger partial charge in [0.05, 0.1) is 11.6 Å². The molecule has 0 radical (unpaired) electrons. The molecule has 2 rings (SSSR count). The molecular weight excluding hydrogens is 368 g/mol. The fourth-order valence-corrected chi connectivity index (χ4v) is 2.37. The highest BCUT2D eigenvalue weighted by Gasteiger charge is 2.32. The Hall–Kier alpha value is -3.33. The zero-order valence-corrected chi connectivity index (χ0v) is 17.1. The fourth-order valence-electron chi connectivity index (χ4n) is 2.37. The average Bonchev–Trinajstić information content (AvgIpc) is 2.72. The van der Waals surface area contributed by atoms with Gasteiger partial charge in [-0.05, 0) is 49.6 Å². The van der Waals surface area contributed by atoms with Crippen LogP contribution in [0.2, 0.25) is 0 Å². The number of nitrogens with zero attached hydrogens (tertiary/aromatic N) is 1. The molecule has 0 aromatic heterocycles. The first-order valence-electron chi connectivity index (χ1n) is 9.46. The molecule has 6 nitrogen and oxygen atoms in total. The predicted octanol–water partition coefficient (Wildman–Crippen LogP) is 3.87. The molecule has 0 saturated heterocycles. The lowest BCUT2D eigenvalue weighted by molar-refractivity contribution is -0.130. The van der Waals surface area contributed by atoms with Crippen LogP contribution >= 0.6 is 0 Å². The smallest absolute Gasteiger partial charge is 0.338 e. The van der Waals surface area contributed by atoms with Crippen LogP contribution in [0.1, 0.15) is 43.6 Å². The van der Waals surface area contributed by atoms with Gasteiger partial charge in [0.2, 0.25) is 0 Å². The number of benzene rings is 2. The van der Waals surface area contributed by atoms with Gasteiger partial charge in [-0.15, -0.1) is 0 Å². The van der Waals surface area contributed by atoms with Crippen molar-refractivity contribution in [3.8, 4) is 11.8 Å². The molecule has 1 N–H and O–H groups in total. The van der Waals surface area contributed by atoms with Crippen LogP contribution in [0.25, 0.3) is 0 Å². The zero-order valence-electron chi connectivity index (χ0n) is 17.1. The summed E-state index contributed by atoms with van der Waals surface area (Å²) in [5, 5.41) is 11.9. The zero-order chi connectivity index (χ0) is 21.4. The number of amides is 1. The van der Waals surface area contributed by atoms with Crippen molar-refractivity contribution in [1.82, 2.24) is 5.32 Å². The van der Waals surface area contributed by atoms with E-state index in [-0.39, 0.29) is 5.92 Å². The number of ether oxygens (including phenoxy) is 2. The van der Waals surface area contributed by atoms with Gasteiger partial charge in [-0.3, -0.25) is 4.79 Å². The van der Waals surface area contributed by atoms with Crippen LogP contribution in [0.3, 0.4) is 0 Å². The Morgan fingerprint density at radius 2 is 1.69 bits per heavy atom. The Morgan fingerprint density at radius 3 is 2.24 bits per heavy atom. The van der Waals surface area contributed by atoms with Crippen molar-refractivity contribution in [2.75, 3.05) is 0 Å². The summed E-state index contributed by atoms with van der Waals surface area (Å²) in [6.45, 7) is 7.21. The second-order valence-electron chi connectivity index (χ2n) is 7.30. The number of carbonyl (C=O) groups excluding carboxylic acids is 2. The third-order valence-electron chi connectivity index (χ3n) is 4.76. The fraction of sp³-hybridized carbons (Fsp3) is 0.348. The van der Waals surface area contributed by atoms with Gasteiger partial charge in [0.1, 0.15) is 17.9 Å². The van der Waals surface area contributed by atoms with E-state index in [1.807, 2.05) is 44.2 Å². The lowest BCUT2D eigenvalue weighted by Gasteiger charge is -2.28. The van der Waals surface area contributed by atoms with Crippen LogP contribution in [0, 0.1) is 17.2 Å². The number of carbonyl (C=O) groups is 2. The minimum atomic E-state index is -1.03. The van der Waals surface area contributed by atoms with Gasteiger partial charge >= 0.3 is 5.97 Å². The van der Waals surface area contributed by atoms with Crippen molar-refractivity contribution in [2.24, 2.45) is 5.92 Å². The van der Waals surface area contributed by atoms with E-state index in [2.05, 4.69) is 11.4 Å². The minimum Gasteiger partial charge on any atom is -0.489 e. The van der Waals surface area contributed by atoms with Crippen molar-refractivity contribution in [1.29, 1.82) is 5.26 Å². The molecule has 2 aromatic rings. The highest BCUT2D eigenvalue weighted by atomic mass is 16.5. The van der Waals surface area contributed by atoms with Gasteiger partial charge in [0, 0.05) is 0 Å². The Bertz CT molecular complexity index is 872. The van der Waals surface area contributed by atoms with Crippen molar-refractivity contribution < 1.29 is 19.1 Å². The molecule has 0 heterocycles. The molecular formula is C23H26N2O4. The molecule has 29 heavy (non-hydrogen) atoms. The van der Waals surface area contributed by atoms with Gasteiger partial charge in [0.25, 0.3) is 5.91 Å². The molecule has 152 valence electrons. The molecule has 0 aliphatic carbocycles. The maximum absolute atomic E-state index is 12.3. The molecule has 0 aliphatic rings. The highest BCUT2D eigenvalue weighted by molar-refractivity contribution is 5.92. The van der Waals surface area contributed by atoms with Gasteiger partial charge in [-0.25, -0.2) is 4.79 Å². The SMILES string of the molecule is CC(C)[C@](C)(C#N)NC(=O)[C@H](C)OC(=O)c1ccc(OCc2ccccc2)cc1. The van der Waals surface area contributed by atoms with Gasteiger partial charge in [-0.2, -0.15) is 5.26 Å². The molecule has 2 aromatic carbocycles. The van der Waals surface area contributed by atoms with Crippen LogP contribution < -0.4 is 10.1 Å². The van der Waals surface area contributed by atoms with Crippen LogP contribution in [0.15, 0.2) is 54.6 Å². The monoisotopic (exact) mass is 394 g/mol. The van der Waals surface area contributed by atoms with Crippen LogP contribution in [-0.4, -0.2) is 23.5 Å². The van der Waals surface area contributed by atoms with Crippen molar-refractivity contribution in [2.45, 2.75) is 45.9 Å². The van der Waals surface area contributed by atoms with Crippen molar-refractivity contribution in [3.05, 3.63) is 65.7 Å². The summed E-state index contributed by atoms with van der Waals surface area (Å²) in [4.78, 5) is 24.6. The first-order chi connectivity index (χ1) is 13.7. The molecule has 2 atom stereocenters. The Balaban J connectivity index is 1.91. The van der Waals surface area contributed by atoms with E-state index < -0.39 is 23.5 Å². The third-order valence-corrected chi connectivity index (χ3v) is 4.76. The summed E-state index contributed by atoms with van der Waals surface area (Å²) in [5.74, 6) is -0.606. The Morgan fingerprint density at radius 1 is 1.07 bits per heavy atom. The average molecular weight is 394 g/mol. The standard InChI is InChI=1S/C23H26N2O4/c1-16(2)23(4,15-24)25-21(26)17(3)29-22(27)19-10-12-20(13-11-19)28-14-18-8-6-5-7-9-18/h5-13,16-17H,14H2,1-4H3,(H,25,26)/t17-,23-/m0/s1. The van der Waals surface area contributed by atoms with E-state index in [0.717, 1.165) is 5.56 Å². The molecule has 0 fully saturated rings.